The van der Waals surface area contributed by atoms with Crippen LogP contribution in [-0.4, -0.2) is 32.3 Å². The minimum Gasteiger partial charge on any atom is -0.387 e. The quantitative estimate of drug-likeness (QED) is 0.753. The topological polar surface area (TPSA) is 80.0 Å². The smallest absolute Gasteiger partial charge is 0.291 e. The maximum atomic E-state index is 12.1. The van der Waals surface area contributed by atoms with E-state index in [-0.39, 0.29) is 12.4 Å². The lowest BCUT2D eigenvalue weighted by Gasteiger charge is -2.12. The molecule has 122 valence electrons. The second-order valence-electron chi connectivity index (χ2n) is 5.49. The van der Waals surface area contributed by atoms with Gasteiger partial charge in [-0.3, -0.25) is 4.79 Å². The number of nitrogens with zero attached hydrogens (tertiary/aromatic N) is 3. The largest absolute Gasteiger partial charge is 0.387 e. The highest BCUT2D eigenvalue weighted by Crippen LogP contribution is 2.13. The number of aliphatic hydroxyl groups excluding tert-OH is 1. The van der Waals surface area contributed by atoms with Crippen molar-refractivity contribution < 1.29 is 9.90 Å². The van der Waals surface area contributed by atoms with Gasteiger partial charge in [-0.25, -0.2) is 9.67 Å². The first-order chi connectivity index (χ1) is 11.6. The Morgan fingerprint density at radius 1 is 1.21 bits per heavy atom. The van der Waals surface area contributed by atoms with Crippen molar-refractivity contribution in [2.45, 2.75) is 13.0 Å². The lowest BCUT2D eigenvalue weighted by molar-refractivity contribution is 0.0906. The maximum absolute atomic E-state index is 12.1. The van der Waals surface area contributed by atoms with Crippen molar-refractivity contribution in [1.29, 1.82) is 0 Å². The van der Waals surface area contributed by atoms with E-state index >= 15 is 0 Å². The highest BCUT2D eigenvalue weighted by Gasteiger charge is 2.14. The van der Waals surface area contributed by atoms with Crippen LogP contribution < -0.4 is 5.32 Å². The number of aliphatic hydroxyl groups is 1. The van der Waals surface area contributed by atoms with Crippen LogP contribution in [0.25, 0.3) is 5.69 Å². The summed E-state index contributed by atoms with van der Waals surface area (Å²) in [6.45, 7) is 2.05. The molecule has 0 aliphatic rings. The molecule has 0 saturated carbocycles. The number of carbonyl (C=O) groups excluding carboxylic acids is 1. The summed E-state index contributed by atoms with van der Waals surface area (Å²) in [7, 11) is 0. The van der Waals surface area contributed by atoms with Crippen LogP contribution in [0.3, 0.4) is 0 Å². The summed E-state index contributed by atoms with van der Waals surface area (Å²) in [6.07, 6.45) is 0.714. The number of aromatic nitrogens is 3. The molecule has 1 atom stereocenters. The van der Waals surface area contributed by atoms with Gasteiger partial charge in [0.15, 0.2) is 0 Å². The predicted octanol–water partition coefficient (Wildman–Crippen LogP) is 2.04. The van der Waals surface area contributed by atoms with Gasteiger partial charge in [0, 0.05) is 6.54 Å². The SMILES string of the molecule is Cc1cccc(C(O)CNC(=O)c2ncn(-c3ccccc3)n2)c1. The van der Waals surface area contributed by atoms with Gasteiger partial charge in [0.05, 0.1) is 11.8 Å². The Balaban J connectivity index is 1.62. The highest BCUT2D eigenvalue weighted by atomic mass is 16.3. The third-order valence-electron chi connectivity index (χ3n) is 3.60. The molecule has 1 heterocycles. The minimum absolute atomic E-state index is 0.0651. The van der Waals surface area contributed by atoms with Gasteiger partial charge in [-0.05, 0) is 24.6 Å². The van der Waals surface area contributed by atoms with E-state index < -0.39 is 12.0 Å². The normalized spacial score (nSPS) is 11.9. The van der Waals surface area contributed by atoms with Crippen molar-refractivity contribution in [2.24, 2.45) is 0 Å². The third kappa shape index (κ3) is 3.67. The number of rotatable bonds is 5. The Kier molecular flexibility index (Phi) is 4.67. The molecule has 3 rings (SSSR count). The van der Waals surface area contributed by atoms with Gasteiger partial charge in [-0.1, -0.05) is 48.0 Å². The van der Waals surface area contributed by atoms with Crippen molar-refractivity contribution in [3.63, 3.8) is 0 Å². The molecule has 1 unspecified atom stereocenters. The van der Waals surface area contributed by atoms with Crippen molar-refractivity contribution in [1.82, 2.24) is 20.1 Å². The van der Waals surface area contributed by atoms with Crippen LogP contribution in [-0.2, 0) is 0 Å². The molecule has 1 aromatic heterocycles. The zero-order valence-electron chi connectivity index (χ0n) is 13.3. The summed E-state index contributed by atoms with van der Waals surface area (Å²) >= 11 is 0. The van der Waals surface area contributed by atoms with Gasteiger partial charge >= 0.3 is 0 Å². The van der Waals surface area contributed by atoms with Crippen LogP contribution in [0.15, 0.2) is 60.9 Å². The summed E-state index contributed by atoms with van der Waals surface area (Å²) < 4.78 is 1.53. The van der Waals surface area contributed by atoms with E-state index in [1.165, 1.54) is 11.0 Å². The van der Waals surface area contributed by atoms with Gasteiger partial charge in [-0.2, -0.15) is 0 Å². The zero-order valence-corrected chi connectivity index (χ0v) is 13.3. The highest BCUT2D eigenvalue weighted by molar-refractivity contribution is 5.90. The summed E-state index contributed by atoms with van der Waals surface area (Å²) in [6, 6.07) is 17.0. The third-order valence-corrected chi connectivity index (χ3v) is 3.60. The molecule has 0 aliphatic carbocycles. The Bertz CT molecular complexity index is 830. The van der Waals surface area contributed by atoms with Crippen LogP contribution in [0.1, 0.15) is 27.8 Å². The summed E-state index contributed by atoms with van der Waals surface area (Å²) in [4.78, 5) is 16.1. The van der Waals surface area contributed by atoms with E-state index in [1.54, 1.807) is 0 Å². The summed E-state index contributed by atoms with van der Waals surface area (Å²) in [5, 5.41) is 17.0. The molecular formula is C18H18N4O2. The molecule has 0 bridgehead atoms. The van der Waals surface area contributed by atoms with Crippen LogP contribution >= 0.6 is 0 Å². The molecule has 6 nitrogen and oxygen atoms in total. The Hall–Kier alpha value is -2.99. The molecule has 0 saturated heterocycles. The first-order valence-electron chi connectivity index (χ1n) is 7.63. The number of benzene rings is 2. The van der Waals surface area contributed by atoms with E-state index in [4.69, 9.17) is 0 Å². The fourth-order valence-corrected chi connectivity index (χ4v) is 2.34. The standard InChI is InChI=1S/C18H18N4O2/c1-13-6-5-7-14(10-13)16(23)11-19-18(24)17-20-12-22(21-17)15-8-3-2-4-9-15/h2-10,12,16,23H,11H2,1H3,(H,19,24). The first-order valence-corrected chi connectivity index (χ1v) is 7.63. The van der Waals surface area contributed by atoms with Gasteiger partial charge in [0.25, 0.3) is 5.91 Å². The molecule has 24 heavy (non-hydrogen) atoms. The number of carbonyl (C=O) groups is 1. The molecule has 0 spiro atoms. The lowest BCUT2D eigenvalue weighted by Crippen LogP contribution is -2.29. The van der Waals surface area contributed by atoms with Crippen LogP contribution in [0, 0.1) is 6.92 Å². The monoisotopic (exact) mass is 322 g/mol. The van der Waals surface area contributed by atoms with Gasteiger partial charge in [0.1, 0.15) is 6.33 Å². The maximum Gasteiger partial charge on any atom is 0.291 e. The average Bonchev–Trinajstić information content (AvgIpc) is 3.10. The number of nitrogens with one attached hydrogen (secondary N) is 1. The number of aryl methyl sites for hydroxylation is 1. The molecule has 0 fully saturated rings. The van der Waals surface area contributed by atoms with Crippen molar-refractivity contribution in [3.05, 3.63) is 77.9 Å². The molecule has 0 aliphatic heterocycles. The lowest BCUT2D eigenvalue weighted by atomic mass is 10.1. The number of para-hydroxylation sites is 1. The van der Waals surface area contributed by atoms with Crippen molar-refractivity contribution in [3.8, 4) is 5.69 Å². The Morgan fingerprint density at radius 2 is 2.00 bits per heavy atom. The Morgan fingerprint density at radius 3 is 2.75 bits per heavy atom. The number of hydrogen-bond donors (Lipinski definition) is 2. The second-order valence-corrected chi connectivity index (χ2v) is 5.49. The molecule has 2 N–H and O–H groups in total. The second kappa shape index (κ2) is 7.06. The Labute approximate surface area is 139 Å². The van der Waals surface area contributed by atoms with Gasteiger partial charge in [-0.15, -0.1) is 5.10 Å². The van der Waals surface area contributed by atoms with E-state index in [0.717, 1.165) is 16.8 Å². The van der Waals surface area contributed by atoms with Crippen LogP contribution in [0.2, 0.25) is 0 Å². The van der Waals surface area contributed by atoms with Crippen molar-refractivity contribution >= 4 is 5.91 Å². The average molecular weight is 322 g/mol. The fraction of sp³-hybridized carbons (Fsp3) is 0.167. The summed E-state index contributed by atoms with van der Waals surface area (Å²) in [5.74, 6) is -0.355. The zero-order chi connectivity index (χ0) is 16.9. The van der Waals surface area contributed by atoms with E-state index in [0.29, 0.717) is 0 Å². The fourth-order valence-electron chi connectivity index (χ4n) is 2.34. The molecule has 1 amide bonds. The number of hydrogen-bond acceptors (Lipinski definition) is 4. The van der Waals surface area contributed by atoms with E-state index in [1.807, 2.05) is 61.5 Å². The minimum atomic E-state index is -0.773. The molecule has 2 aromatic carbocycles. The molecule has 3 aromatic rings. The molecule has 0 radical (unpaired) electrons. The van der Waals surface area contributed by atoms with Gasteiger partial charge < -0.3 is 10.4 Å². The van der Waals surface area contributed by atoms with Crippen LogP contribution in [0.5, 0.6) is 0 Å². The molecule has 6 heteroatoms. The molecular weight excluding hydrogens is 304 g/mol. The first kappa shape index (κ1) is 15.9. The van der Waals surface area contributed by atoms with E-state index in [9.17, 15) is 9.90 Å². The summed E-state index contributed by atoms with van der Waals surface area (Å²) in [5.41, 5.74) is 2.64. The number of amides is 1. The van der Waals surface area contributed by atoms with Crippen molar-refractivity contribution in [2.75, 3.05) is 6.54 Å². The van der Waals surface area contributed by atoms with Crippen LogP contribution in [0.4, 0.5) is 0 Å². The predicted molar refractivity (Wildman–Crippen MR) is 89.8 cm³/mol. The van der Waals surface area contributed by atoms with Gasteiger partial charge in [0.2, 0.25) is 5.82 Å². The van der Waals surface area contributed by atoms with E-state index in [2.05, 4.69) is 15.4 Å².